The minimum absolute atomic E-state index is 0.498. The molecule has 2 aromatic rings. The molecule has 2 fully saturated rings. The zero-order chi connectivity index (χ0) is 17.1. The van der Waals surface area contributed by atoms with Crippen LogP contribution >= 0.6 is 0 Å². The van der Waals surface area contributed by atoms with E-state index in [1.807, 2.05) is 24.5 Å². The molecule has 0 bridgehead atoms. The van der Waals surface area contributed by atoms with Crippen LogP contribution in [0.4, 0.5) is 0 Å². The summed E-state index contributed by atoms with van der Waals surface area (Å²) in [5.41, 5.74) is 2.44. The van der Waals surface area contributed by atoms with E-state index in [2.05, 4.69) is 28.3 Å². The van der Waals surface area contributed by atoms with Gasteiger partial charge in [-0.1, -0.05) is 6.92 Å². The van der Waals surface area contributed by atoms with Gasteiger partial charge < -0.3 is 14.8 Å². The second kappa shape index (κ2) is 7.50. The second-order valence-corrected chi connectivity index (χ2v) is 7.12. The zero-order valence-electron chi connectivity index (χ0n) is 14.6. The number of rotatable bonds is 8. The van der Waals surface area contributed by atoms with Crippen molar-refractivity contribution in [1.82, 2.24) is 15.3 Å². The molecule has 2 aromatic heterocycles. The smallest absolute Gasteiger partial charge is 0.137 e. The lowest BCUT2D eigenvalue weighted by Gasteiger charge is -2.27. The van der Waals surface area contributed by atoms with Crippen LogP contribution in [0.2, 0.25) is 0 Å². The van der Waals surface area contributed by atoms with Crippen molar-refractivity contribution in [1.29, 1.82) is 0 Å². The van der Waals surface area contributed by atoms with Crippen LogP contribution in [0.25, 0.3) is 0 Å². The van der Waals surface area contributed by atoms with Crippen molar-refractivity contribution in [3.8, 4) is 5.75 Å². The van der Waals surface area contributed by atoms with Gasteiger partial charge in [0.1, 0.15) is 12.4 Å². The molecule has 0 aromatic carbocycles. The van der Waals surface area contributed by atoms with Crippen LogP contribution in [-0.4, -0.2) is 35.8 Å². The van der Waals surface area contributed by atoms with Crippen LogP contribution in [-0.2, 0) is 11.3 Å². The quantitative estimate of drug-likeness (QED) is 0.801. The largest absolute Gasteiger partial charge is 0.490 e. The first-order chi connectivity index (χ1) is 12.3. The minimum atomic E-state index is 0.498. The van der Waals surface area contributed by atoms with Gasteiger partial charge in [0.25, 0.3) is 0 Å². The Balaban J connectivity index is 1.28. The molecule has 3 heterocycles. The Kier molecular flexibility index (Phi) is 4.95. The van der Waals surface area contributed by atoms with Crippen LogP contribution in [0.3, 0.4) is 0 Å². The molecule has 1 aliphatic carbocycles. The monoisotopic (exact) mass is 339 g/mol. The summed E-state index contributed by atoms with van der Waals surface area (Å²) in [5.74, 6) is 2.59. The first-order valence-corrected chi connectivity index (χ1v) is 9.09. The van der Waals surface area contributed by atoms with Crippen molar-refractivity contribution in [2.75, 3.05) is 19.8 Å². The third-order valence-electron chi connectivity index (χ3n) is 5.39. The molecule has 5 nitrogen and oxygen atoms in total. The van der Waals surface area contributed by atoms with E-state index in [9.17, 15) is 0 Å². The van der Waals surface area contributed by atoms with Crippen LogP contribution < -0.4 is 10.1 Å². The van der Waals surface area contributed by atoms with E-state index in [4.69, 9.17) is 9.47 Å². The van der Waals surface area contributed by atoms with Gasteiger partial charge in [0.2, 0.25) is 0 Å². The predicted octanol–water partition coefficient (Wildman–Crippen LogP) is 2.78. The number of ether oxygens (including phenoxy) is 2. The normalized spacial score (nSPS) is 27.6. The van der Waals surface area contributed by atoms with Crippen molar-refractivity contribution in [2.45, 2.75) is 31.9 Å². The van der Waals surface area contributed by atoms with Gasteiger partial charge in [-0.15, -0.1) is 0 Å². The molecule has 2 aliphatic rings. The minimum Gasteiger partial charge on any atom is -0.490 e. The molecular weight excluding hydrogens is 314 g/mol. The van der Waals surface area contributed by atoms with E-state index in [0.29, 0.717) is 30.4 Å². The summed E-state index contributed by atoms with van der Waals surface area (Å²) >= 11 is 0. The highest BCUT2D eigenvalue weighted by atomic mass is 16.5. The van der Waals surface area contributed by atoms with E-state index in [1.54, 1.807) is 12.4 Å². The van der Waals surface area contributed by atoms with Gasteiger partial charge >= 0.3 is 0 Å². The zero-order valence-corrected chi connectivity index (χ0v) is 14.6. The standard InChI is InChI=1S/C20H25N3O2/c1-14-19(13-24-11-15-2-5-21-6-3-15)20(14)16-8-18(10-22-9-16)25-12-17-4-7-23-17/h2-3,5-6,8-10,14,17,19-20,23H,4,7,11-13H2,1H3. The lowest BCUT2D eigenvalue weighted by atomic mass is 10.1. The second-order valence-electron chi connectivity index (χ2n) is 7.12. The first-order valence-electron chi connectivity index (χ1n) is 9.09. The highest BCUT2D eigenvalue weighted by Gasteiger charge is 2.47. The Labute approximate surface area is 148 Å². The van der Waals surface area contributed by atoms with Crippen molar-refractivity contribution in [3.05, 3.63) is 54.1 Å². The third-order valence-corrected chi connectivity index (χ3v) is 5.39. The molecule has 132 valence electrons. The molecule has 1 saturated carbocycles. The summed E-state index contributed by atoms with van der Waals surface area (Å²) < 4.78 is 11.8. The SMILES string of the molecule is CC1C(COCc2ccncc2)C1c1cncc(OCC2CCN2)c1. The molecule has 5 heteroatoms. The highest BCUT2D eigenvalue weighted by molar-refractivity contribution is 5.31. The number of nitrogens with zero attached hydrogens (tertiary/aromatic N) is 2. The molecule has 4 rings (SSSR count). The summed E-state index contributed by atoms with van der Waals surface area (Å²) in [6, 6.07) is 6.64. The van der Waals surface area contributed by atoms with Gasteiger partial charge in [-0.2, -0.15) is 0 Å². The first kappa shape index (κ1) is 16.5. The summed E-state index contributed by atoms with van der Waals surface area (Å²) in [5, 5.41) is 3.35. The Morgan fingerprint density at radius 3 is 2.76 bits per heavy atom. The summed E-state index contributed by atoms with van der Waals surface area (Å²) in [6.07, 6.45) is 8.58. The van der Waals surface area contributed by atoms with Gasteiger partial charge in [0.15, 0.2) is 0 Å². The fraction of sp³-hybridized carbons (Fsp3) is 0.500. The third kappa shape index (κ3) is 3.99. The van der Waals surface area contributed by atoms with Gasteiger partial charge in [-0.05, 0) is 60.0 Å². The predicted molar refractivity (Wildman–Crippen MR) is 95.4 cm³/mol. The maximum Gasteiger partial charge on any atom is 0.137 e. The molecule has 25 heavy (non-hydrogen) atoms. The van der Waals surface area contributed by atoms with Crippen LogP contribution in [0.15, 0.2) is 43.0 Å². The molecule has 0 spiro atoms. The molecule has 1 aliphatic heterocycles. The molecular formula is C20H25N3O2. The van der Waals surface area contributed by atoms with E-state index < -0.39 is 0 Å². The van der Waals surface area contributed by atoms with Gasteiger partial charge in [-0.3, -0.25) is 9.97 Å². The lowest BCUT2D eigenvalue weighted by molar-refractivity contribution is 0.107. The van der Waals surface area contributed by atoms with Crippen molar-refractivity contribution in [2.24, 2.45) is 11.8 Å². The number of aromatic nitrogens is 2. The Morgan fingerprint density at radius 2 is 2.00 bits per heavy atom. The molecule has 4 atom stereocenters. The molecule has 4 unspecified atom stereocenters. The molecule has 0 radical (unpaired) electrons. The summed E-state index contributed by atoms with van der Waals surface area (Å²) in [6.45, 7) is 5.55. The van der Waals surface area contributed by atoms with Gasteiger partial charge in [0, 0.05) is 24.6 Å². The fourth-order valence-electron chi connectivity index (χ4n) is 3.53. The van der Waals surface area contributed by atoms with E-state index in [0.717, 1.165) is 25.5 Å². The Bertz CT molecular complexity index is 690. The summed E-state index contributed by atoms with van der Waals surface area (Å²) in [4.78, 5) is 8.40. The number of nitrogens with one attached hydrogen (secondary N) is 1. The fourth-order valence-corrected chi connectivity index (χ4v) is 3.53. The number of pyridine rings is 2. The Morgan fingerprint density at radius 1 is 1.16 bits per heavy atom. The maximum absolute atomic E-state index is 5.91. The van der Waals surface area contributed by atoms with Gasteiger partial charge in [0.05, 0.1) is 19.4 Å². The average Bonchev–Trinajstić information content (AvgIpc) is 3.24. The molecule has 0 amide bonds. The van der Waals surface area contributed by atoms with Crippen molar-refractivity contribution < 1.29 is 9.47 Å². The summed E-state index contributed by atoms with van der Waals surface area (Å²) in [7, 11) is 0. The molecule has 1 saturated heterocycles. The van der Waals surface area contributed by atoms with E-state index in [1.165, 1.54) is 17.5 Å². The topological polar surface area (TPSA) is 56.3 Å². The van der Waals surface area contributed by atoms with Crippen LogP contribution in [0.5, 0.6) is 5.75 Å². The van der Waals surface area contributed by atoms with Gasteiger partial charge in [-0.25, -0.2) is 0 Å². The van der Waals surface area contributed by atoms with E-state index >= 15 is 0 Å². The number of hydrogen-bond acceptors (Lipinski definition) is 5. The van der Waals surface area contributed by atoms with Crippen molar-refractivity contribution in [3.63, 3.8) is 0 Å². The van der Waals surface area contributed by atoms with Crippen molar-refractivity contribution >= 4 is 0 Å². The number of hydrogen-bond donors (Lipinski definition) is 1. The highest BCUT2D eigenvalue weighted by Crippen LogP contribution is 2.54. The lowest BCUT2D eigenvalue weighted by Crippen LogP contribution is -2.46. The van der Waals surface area contributed by atoms with E-state index in [-0.39, 0.29) is 0 Å². The maximum atomic E-state index is 5.91. The molecule has 1 N–H and O–H groups in total. The average molecular weight is 339 g/mol. The van der Waals surface area contributed by atoms with Crippen LogP contribution in [0, 0.1) is 11.8 Å². The Hall–Kier alpha value is -1.98. The van der Waals surface area contributed by atoms with Crippen LogP contribution in [0.1, 0.15) is 30.4 Å².